The molecule has 29 heavy (non-hydrogen) atoms. The first-order valence-corrected chi connectivity index (χ1v) is 9.12. The lowest BCUT2D eigenvalue weighted by Gasteiger charge is -2.05. The van der Waals surface area contributed by atoms with E-state index in [2.05, 4.69) is 21.8 Å². The van der Waals surface area contributed by atoms with E-state index < -0.39 is 23.0 Å². The van der Waals surface area contributed by atoms with Crippen LogP contribution >= 0.6 is 11.6 Å². The Hall–Kier alpha value is -2.88. The van der Waals surface area contributed by atoms with Gasteiger partial charge < -0.3 is 4.74 Å². The third kappa shape index (κ3) is 5.35. The summed E-state index contributed by atoms with van der Waals surface area (Å²) < 4.78 is 47.3. The zero-order valence-corrected chi connectivity index (χ0v) is 16.2. The fraction of sp³-hybridized carbons (Fsp3) is 0.182. The summed E-state index contributed by atoms with van der Waals surface area (Å²) in [5.41, 5.74) is 0.943. The summed E-state index contributed by atoms with van der Waals surface area (Å²) in [6.45, 7) is 0.628. The van der Waals surface area contributed by atoms with Gasteiger partial charge >= 0.3 is 0 Å². The van der Waals surface area contributed by atoms with Crippen molar-refractivity contribution in [1.82, 2.24) is 9.97 Å². The van der Waals surface area contributed by atoms with E-state index in [-0.39, 0.29) is 22.0 Å². The molecule has 0 unspecified atom stereocenters. The van der Waals surface area contributed by atoms with Crippen molar-refractivity contribution in [2.45, 2.75) is 12.8 Å². The normalized spacial score (nSPS) is 10.5. The van der Waals surface area contributed by atoms with Crippen molar-refractivity contribution in [3.05, 3.63) is 81.9 Å². The first-order valence-electron chi connectivity index (χ1n) is 8.74. The average molecular weight is 417 g/mol. The first-order chi connectivity index (χ1) is 14.0. The molecule has 0 amide bonds. The summed E-state index contributed by atoms with van der Waals surface area (Å²) >= 11 is 5.60. The van der Waals surface area contributed by atoms with Gasteiger partial charge in [-0.15, -0.1) is 0 Å². The summed E-state index contributed by atoms with van der Waals surface area (Å²) in [7, 11) is 1.63. The Morgan fingerprint density at radius 1 is 0.966 bits per heavy atom. The van der Waals surface area contributed by atoms with Crippen LogP contribution in [0.25, 0.3) is 11.4 Å². The second-order valence-electron chi connectivity index (χ2n) is 6.21. The molecule has 2 aromatic carbocycles. The molecule has 148 valence electrons. The zero-order chi connectivity index (χ0) is 20.8. The number of methoxy groups -OCH3 is 1. The molecule has 0 radical (unpaired) electrons. The van der Waals surface area contributed by atoms with E-state index in [4.69, 9.17) is 16.3 Å². The highest BCUT2D eigenvalue weighted by Crippen LogP contribution is 2.22. The van der Waals surface area contributed by atoms with Crippen molar-refractivity contribution >= 4 is 11.6 Å². The van der Waals surface area contributed by atoms with Crippen LogP contribution in [-0.4, -0.2) is 23.7 Å². The van der Waals surface area contributed by atoms with Crippen LogP contribution in [0.2, 0.25) is 5.02 Å². The molecule has 7 heteroatoms. The van der Waals surface area contributed by atoms with E-state index in [1.54, 1.807) is 19.5 Å². The maximum absolute atomic E-state index is 14.4. The fourth-order valence-corrected chi connectivity index (χ4v) is 2.70. The minimum Gasteiger partial charge on any atom is -0.385 e. The Labute approximate surface area is 171 Å². The van der Waals surface area contributed by atoms with Gasteiger partial charge in [-0.05, 0) is 48.7 Å². The molecule has 0 spiro atoms. The smallest absolute Gasteiger partial charge is 0.159 e. The lowest BCUT2D eigenvalue weighted by molar-refractivity contribution is 0.195. The number of hydrogen-bond acceptors (Lipinski definition) is 3. The molecule has 0 aliphatic carbocycles. The summed E-state index contributed by atoms with van der Waals surface area (Å²) in [4.78, 5) is 8.35. The molecule has 0 atom stereocenters. The van der Waals surface area contributed by atoms with Gasteiger partial charge in [0.2, 0.25) is 0 Å². The monoisotopic (exact) mass is 416 g/mol. The highest BCUT2D eigenvalue weighted by Gasteiger charge is 2.12. The number of aryl methyl sites for hydroxylation is 1. The highest BCUT2D eigenvalue weighted by molar-refractivity contribution is 6.30. The number of ether oxygens (including phenoxy) is 1. The molecule has 0 saturated carbocycles. The van der Waals surface area contributed by atoms with Crippen molar-refractivity contribution in [2.75, 3.05) is 13.7 Å². The molecule has 1 aromatic heterocycles. The Balaban J connectivity index is 1.82. The summed E-state index contributed by atoms with van der Waals surface area (Å²) in [6.07, 6.45) is 4.82. The van der Waals surface area contributed by atoms with Gasteiger partial charge in [-0.2, -0.15) is 0 Å². The van der Waals surface area contributed by atoms with Crippen molar-refractivity contribution in [1.29, 1.82) is 0 Å². The van der Waals surface area contributed by atoms with E-state index in [9.17, 15) is 13.2 Å². The zero-order valence-electron chi connectivity index (χ0n) is 15.5. The molecule has 0 N–H and O–H groups in total. The quantitative estimate of drug-likeness (QED) is 0.424. The Morgan fingerprint density at radius 3 is 2.28 bits per heavy atom. The molecule has 0 aliphatic rings. The maximum atomic E-state index is 14.4. The fourth-order valence-electron chi connectivity index (χ4n) is 2.58. The number of aromatic nitrogens is 2. The van der Waals surface area contributed by atoms with Crippen molar-refractivity contribution in [3.63, 3.8) is 0 Å². The van der Waals surface area contributed by atoms with Crippen LogP contribution in [-0.2, 0) is 11.2 Å². The molecular formula is C22H16ClF3N2O. The van der Waals surface area contributed by atoms with Crippen molar-refractivity contribution in [2.24, 2.45) is 0 Å². The second kappa shape index (κ2) is 9.55. The largest absolute Gasteiger partial charge is 0.385 e. The van der Waals surface area contributed by atoms with Gasteiger partial charge in [0.15, 0.2) is 5.82 Å². The van der Waals surface area contributed by atoms with Gasteiger partial charge in [-0.1, -0.05) is 23.4 Å². The molecule has 0 bridgehead atoms. The van der Waals surface area contributed by atoms with Crippen molar-refractivity contribution in [3.8, 4) is 23.2 Å². The van der Waals surface area contributed by atoms with E-state index >= 15 is 0 Å². The lowest BCUT2D eigenvalue weighted by atomic mass is 10.1. The second-order valence-corrected chi connectivity index (χ2v) is 6.61. The lowest BCUT2D eigenvalue weighted by Crippen LogP contribution is -1.98. The van der Waals surface area contributed by atoms with Gasteiger partial charge in [0.25, 0.3) is 0 Å². The Bertz CT molecular complexity index is 1050. The topological polar surface area (TPSA) is 35.0 Å². The van der Waals surface area contributed by atoms with E-state index in [0.29, 0.717) is 6.61 Å². The van der Waals surface area contributed by atoms with Crippen LogP contribution in [0.5, 0.6) is 0 Å². The summed E-state index contributed by atoms with van der Waals surface area (Å²) in [5, 5.41) is -0.0537. The minimum absolute atomic E-state index is 0.0537. The number of rotatable bonds is 5. The predicted octanol–water partition coefficient (Wildman–Crippen LogP) is 5.19. The van der Waals surface area contributed by atoms with Crippen molar-refractivity contribution < 1.29 is 17.9 Å². The highest BCUT2D eigenvalue weighted by atomic mass is 35.5. The van der Waals surface area contributed by atoms with Crippen LogP contribution in [0.15, 0.2) is 42.7 Å². The minimum atomic E-state index is -0.852. The summed E-state index contributed by atoms with van der Waals surface area (Å²) in [6, 6.07) is 6.13. The number of benzene rings is 2. The Kier molecular flexibility index (Phi) is 6.86. The van der Waals surface area contributed by atoms with E-state index in [1.165, 1.54) is 12.1 Å². The number of nitrogens with zero attached hydrogens (tertiary/aromatic N) is 2. The van der Waals surface area contributed by atoms with Crippen LogP contribution in [0.1, 0.15) is 23.1 Å². The number of hydrogen-bond donors (Lipinski definition) is 0. The van der Waals surface area contributed by atoms with Crippen LogP contribution < -0.4 is 0 Å². The standard InChI is InChI=1S/C22H16ClF3N2O/c1-29-8-2-3-15-12-27-22(28-13-15)16-10-19(24)17(20(25)11-16)6-4-14-5-7-18(23)21(26)9-14/h5,7,9-13H,2-3,8H2,1H3. The average Bonchev–Trinajstić information content (AvgIpc) is 2.70. The molecule has 0 saturated heterocycles. The van der Waals surface area contributed by atoms with Gasteiger partial charge in [-0.25, -0.2) is 23.1 Å². The maximum Gasteiger partial charge on any atom is 0.159 e. The molecule has 3 rings (SSSR count). The van der Waals surface area contributed by atoms with Crippen LogP contribution in [0.4, 0.5) is 13.2 Å². The van der Waals surface area contributed by atoms with E-state index in [0.717, 1.165) is 36.6 Å². The molecule has 3 nitrogen and oxygen atoms in total. The van der Waals surface area contributed by atoms with Gasteiger partial charge in [0, 0.05) is 37.2 Å². The molecule has 1 heterocycles. The first kappa shape index (κ1) is 20.8. The molecule has 0 fully saturated rings. The SMILES string of the molecule is COCCCc1cnc(-c2cc(F)c(C#Cc3ccc(Cl)c(F)c3)c(F)c2)nc1. The summed E-state index contributed by atoms with van der Waals surface area (Å²) in [5.74, 6) is 2.78. The van der Waals surface area contributed by atoms with Gasteiger partial charge in [0.1, 0.15) is 17.5 Å². The Morgan fingerprint density at radius 2 is 1.66 bits per heavy atom. The van der Waals surface area contributed by atoms with Crippen LogP contribution in [0.3, 0.4) is 0 Å². The molecular weight excluding hydrogens is 401 g/mol. The van der Waals surface area contributed by atoms with E-state index in [1.807, 2.05) is 0 Å². The number of halogens is 4. The van der Waals surface area contributed by atoms with Crippen LogP contribution in [0, 0.1) is 29.3 Å². The molecule has 3 aromatic rings. The van der Waals surface area contributed by atoms with Gasteiger partial charge in [-0.3, -0.25) is 0 Å². The van der Waals surface area contributed by atoms with Gasteiger partial charge in [0.05, 0.1) is 10.6 Å². The third-order valence-corrected chi connectivity index (χ3v) is 4.38. The molecule has 0 aliphatic heterocycles. The third-order valence-electron chi connectivity index (χ3n) is 4.07. The predicted molar refractivity (Wildman–Crippen MR) is 105 cm³/mol.